The van der Waals surface area contributed by atoms with Crippen LogP contribution in [0.3, 0.4) is 0 Å². The molecule has 0 aliphatic heterocycles. The largest absolute Gasteiger partial charge is 0.383 e. The number of benzene rings is 1. The van der Waals surface area contributed by atoms with Gasteiger partial charge in [0.15, 0.2) is 0 Å². The number of hydrogen-bond acceptors (Lipinski definition) is 2. The van der Waals surface area contributed by atoms with Gasteiger partial charge in [-0.1, -0.05) is 12.1 Å². The highest BCUT2D eigenvalue weighted by molar-refractivity contribution is 9.10. The van der Waals surface area contributed by atoms with Gasteiger partial charge in [-0.15, -0.1) is 0 Å². The predicted molar refractivity (Wildman–Crippen MR) is 56.6 cm³/mol. The van der Waals surface area contributed by atoms with Gasteiger partial charge in [-0.05, 0) is 35.1 Å². The smallest absolute Gasteiger partial charge is 0.0485 e. The normalized spacial score (nSPS) is 9.83. The average Bonchev–Trinajstić information content (AvgIpc) is 2.09. The minimum atomic E-state index is 0.944. The summed E-state index contributed by atoms with van der Waals surface area (Å²) in [4.78, 5) is 0. The highest BCUT2D eigenvalue weighted by atomic mass is 79.9. The lowest BCUT2D eigenvalue weighted by molar-refractivity contribution is 0.823. The van der Waals surface area contributed by atoms with Crippen molar-refractivity contribution >= 4 is 21.6 Å². The molecule has 66 valence electrons. The van der Waals surface area contributed by atoms with Gasteiger partial charge in [-0.3, -0.25) is 0 Å². The molecule has 1 aromatic rings. The Hall–Kier alpha value is -0.540. The van der Waals surface area contributed by atoms with E-state index in [0.717, 1.165) is 23.2 Å². The molecule has 0 aliphatic rings. The molecule has 2 nitrogen and oxygen atoms in total. The van der Waals surface area contributed by atoms with E-state index in [1.165, 1.54) is 0 Å². The summed E-state index contributed by atoms with van der Waals surface area (Å²) in [6, 6.07) is 8.11. The number of anilines is 1. The van der Waals surface area contributed by atoms with Crippen molar-refractivity contribution in [2.24, 2.45) is 0 Å². The van der Waals surface area contributed by atoms with Crippen LogP contribution in [0.4, 0.5) is 5.69 Å². The maximum atomic E-state index is 3.47. The zero-order chi connectivity index (χ0) is 8.81. The minimum Gasteiger partial charge on any atom is -0.383 e. The van der Waals surface area contributed by atoms with Gasteiger partial charge in [0, 0.05) is 23.2 Å². The van der Waals surface area contributed by atoms with Gasteiger partial charge >= 0.3 is 0 Å². The molecule has 0 fully saturated rings. The molecule has 0 amide bonds. The number of nitrogens with one attached hydrogen (secondary N) is 2. The van der Waals surface area contributed by atoms with Crippen molar-refractivity contribution in [1.29, 1.82) is 0 Å². The van der Waals surface area contributed by atoms with Crippen LogP contribution >= 0.6 is 15.9 Å². The van der Waals surface area contributed by atoms with Crippen LogP contribution in [0.15, 0.2) is 28.7 Å². The van der Waals surface area contributed by atoms with Crippen molar-refractivity contribution in [2.75, 3.05) is 25.5 Å². The quantitative estimate of drug-likeness (QED) is 0.772. The van der Waals surface area contributed by atoms with Gasteiger partial charge in [0.05, 0.1) is 0 Å². The van der Waals surface area contributed by atoms with Crippen molar-refractivity contribution in [1.82, 2.24) is 5.32 Å². The zero-order valence-electron chi connectivity index (χ0n) is 7.10. The number of rotatable bonds is 4. The molecular formula is C9H13BrN2. The molecule has 12 heavy (non-hydrogen) atoms. The van der Waals surface area contributed by atoms with Gasteiger partial charge in [-0.25, -0.2) is 0 Å². The molecule has 0 spiro atoms. The fourth-order valence-corrected chi connectivity index (χ4v) is 1.35. The van der Waals surface area contributed by atoms with Crippen LogP contribution in [0, 0.1) is 0 Å². The van der Waals surface area contributed by atoms with Crippen LogP contribution in [0.2, 0.25) is 0 Å². The molecule has 0 heterocycles. The molecule has 1 rings (SSSR count). The maximum Gasteiger partial charge on any atom is 0.0485 e. The van der Waals surface area contributed by atoms with Crippen LogP contribution < -0.4 is 10.6 Å². The molecule has 0 radical (unpaired) electrons. The summed E-state index contributed by atoms with van der Waals surface area (Å²) in [5, 5.41) is 6.38. The van der Waals surface area contributed by atoms with Crippen molar-refractivity contribution in [3.8, 4) is 0 Å². The van der Waals surface area contributed by atoms with Gasteiger partial charge < -0.3 is 10.6 Å². The van der Waals surface area contributed by atoms with Crippen LogP contribution in [-0.4, -0.2) is 20.1 Å². The summed E-state index contributed by atoms with van der Waals surface area (Å²) in [5.74, 6) is 0. The summed E-state index contributed by atoms with van der Waals surface area (Å²) >= 11 is 3.47. The summed E-state index contributed by atoms with van der Waals surface area (Å²) < 4.78 is 1.11. The molecular weight excluding hydrogens is 216 g/mol. The Morgan fingerprint density at radius 1 is 1.25 bits per heavy atom. The van der Waals surface area contributed by atoms with Crippen molar-refractivity contribution < 1.29 is 0 Å². The van der Waals surface area contributed by atoms with Crippen molar-refractivity contribution in [3.63, 3.8) is 0 Å². The Morgan fingerprint density at radius 3 is 2.67 bits per heavy atom. The highest BCUT2D eigenvalue weighted by Gasteiger charge is 1.94. The number of para-hydroxylation sites is 1. The third kappa shape index (κ3) is 2.83. The Labute approximate surface area is 81.5 Å². The molecule has 0 saturated heterocycles. The molecule has 0 unspecified atom stereocenters. The van der Waals surface area contributed by atoms with E-state index in [1.54, 1.807) is 0 Å². The topological polar surface area (TPSA) is 24.1 Å². The standard InChI is InChI=1S/C9H13BrN2/c1-11-6-7-12-9-5-3-2-4-8(9)10/h2-5,11-12H,6-7H2,1H3. The Balaban J connectivity index is 2.46. The van der Waals surface area contributed by atoms with Gasteiger partial charge in [0.1, 0.15) is 0 Å². The van der Waals surface area contributed by atoms with E-state index in [9.17, 15) is 0 Å². The maximum absolute atomic E-state index is 3.47. The molecule has 1 aromatic carbocycles. The Morgan fingerprint density at radius 2 is 2.00 bits per heavy atom. The third-order valence-electron chi connectivity index (χ3n) is 1.56. The van der Waals surface area contributed by atoms with E-state index >= 15 is 0 Å². The SMILES string of the molecule is CNCCNc1ccccc1Br. The monoisotopic (exact) mass is 228 g/mol. The Kier molecular flexibility index (Phi) is 4.11. The molecule has 0 aliphatic carbocycles. The van der Waals surface area contributed by atoms with Crippen LogP contribution in [0.25, 0.3) is 0 Å². The fourth-order valence-electron chi connectivity index (χ4n) is 0.927. The summed E-state index contributed by atoms with van der Waals surface area (Å²) in [7, 11) is 1.95. The first-order valence-electron chi connectivity index (χ1n) is 3.97. The molecule has 0 atom stereocenters. The second kappa shape index (κ2) is 5.17. The van der Waals surface area contributed by atoms with Crippen LogP contribution in [0.1, 0.15) is 0 Å². The first-order chi connectivity index (χ1) is 5.84. The average molecular weight is 229 g/mol. The third-order valence-corrected chi connectivity index (χ3v) is 2.26. The first kappa shape index (κ1) is 9.55. The first-order valence-corrected chi connectivity index (χ1v) is 4.77. The van der Waals surface area contributed by atoms with Gasteiger partial charge in [-0.2, -0.15) is 0 Å². The minimum absolute atomic E-state index is 0.944. The molecule has 0 saturated carbocycles. The summed E-state index contributed by atoms with van der Waals surface area (Å²) in [5.41, 5.74) is 1.15. The van der Waals surface area contributed by atoms with E-state index in [-0.39, 0.29) is 0 Å². The zero-order valence-corrected chi connectivity index (χ0v) is 8.69. The lowest BCUT2D eigenvalue weighted by atomic mass is 10.3. The number of likely N-dealkylation sites (N-methyl/N-ethyl adjacent to an activating group) is 1. The van der Waals surface area contributed by atoms with E-state index in [2.05, 4.69) is 32.6 Å². The predicted octanol–water partition coefficient (Wildman–Crippen LogP) is 2.08. The second-order valence-corrected chi connectivity index (χ2v) is 3.36. The van der Waals surface area contributed by atoms with Crippen molar-refractivity contribution in [2.45, 2.75) is 0 Å². The van der Waals surface area contributed by atoms with E-state index in [1.807, 2.05) is 25.2 Å². The number of hydrogen-bond donors (Lipinski definition) is 2. The summed E-state index contributed by atoms with van der Waals surface area (Å²) in [6.45, 7) is 1.92. The molecule has 3 heteroatoms. The second-order valence-electron chi connectivity index (χ2n) is 2.51. The molecule has 0 bridgehead atoms. The lowest BCUT2D eigenvalue weighted by Crippen LogP contribution is -2.17. The Bertz CT molecular complexity index is 238. The van der Waals surface area contributed by atoms with Crippen LogP contribution in [-0.2, 0) is 0 Å². The van der Waals surface area contributed by atoms with Gasteiger partial charge in [0.25, 0.3) is 0 Å². The van der Waals surface area contributed by atoms with Crippen LogP contribution in [0.5, 0.6) is 0 Å². The molecule has 2 N–H and O–H groups in total. The van der Waals surface area contributed by atoms with E-state index in [0.29, 0.717) is 0 Å². The highest BCUT2D eigenvalue weighted by Crippen LogP contribution is 2.20. The lowest BCUT2D eigenvalue weighted by Gasteiger charge is -2.06. The number of halogens is 1. The summed E-state index contributed by atoms with van der Waals surface area (Å²) in [6.07, 6.45) is 0. The van der Waals surface area contributed by atoms with E-state index in [4.69, 9.17) is 0 Å². The van der Waals surface area contributed by atoms with Gasteiger partial charge in [0.2, 0.25) is 0 Å². The van der Waals surface area contributed by atoms with E-state index < -0.39 is 0 Å². The molecule has 0 aromatic heterocycles. The fraction of sp³-hybridized carbons (Fsp3) is 0.333. The van der Waals surface area contributed by atoms with Crippen molar-refractivity contribution in [3.05, 3.63) is 28.7 Å².